The van der Waals surface area contributed by atoms with E-state index in [-0.39, 0.29) is 0 Å². The second-order valence-electron chi connectivity index (χ2n) is 3.80. The van der Waals surface area contributed by atoms with Gasteiger partial charge in [0.2, 0.25) is 0 Å². The summed E-state index contributed by atoms with van der Waals surface area (Å²) in [5.74, 6) is 0. The molecule has 0 fully saturated rings. The van der Waals surface area contributed by atoms with E-state index in [9.17, 15) is 13.2 Å². The van der Waals surface area contributed by atoms with Crippen LogP contribution in [0.4, 0.5) is 18.9 Å². The van der Waals surface area contributed by atoms with E-state index in [4.69, 9.17) is 17.0 Å². The van der Waals surface area contributed by atoms with Gasteiger partial charge in [-0.25, -0.2) is 0 Å². The number of hydrogen-bond acceptors (Lipinski definition) is 2. The number of hydrogen-bond donors (Lipinski definition) is 2. The number of thiocarbonyl (C=S) groups is 1. The highest BCUT2D eigenvalue weighted by Crippen LogP contribution is 2.29. The molecule has 0 bridgehead atoms. The van der Waals surface area contributed by atoms with Crippen molar-refractivity contribution >= 4 is 23.0 Å². The molecule has 0 aliphatic heterocycles. The van der Waals surface area contributed by atoms with E-state index >= 15 is 0 Å². The molecule has 0 saturated carbocycles. The summed E-state index contributed by atoms with van der Waals surface area (Å²) in [5, 5.41) is 6.11. The highest BCUT2D eigenvalue weighted by molar-refractivity contribution is 7.80. The molecule has 0 aromatic heterocycles. The molecule has 0 aliphatic rings. The molecule has 7 heteroatoms. The van der Waals surface area contributed by atoms with E-state index in [1.807, 2.05) is 0 Å². The number of benzene rings is 1. The molecule has 0 atom stereocenters. The molecule has 0 spiro atoms. The van der Waals surface area contributed by atoms with Crippen molar-refractivity contribution in [3.8, 4) is 0 Å². The van der Waals surface area contributed by atoms with Gasteiger partial charge < -0.3 is 15.4 Å². The van der Waals surface area contributed by atoms with Crippen LogP contribution >= 0.6 is 12.2 Å². The van der Waals surface area contributed by atoms with Crippen LogP contribution in [-0.2, 0) is 10.9 Å². The lowest BCUT2D eigenvalue weighted by Gasteiger charge is -2.11. The van der Waals surface area contributed by atoms with Gasteiger partial charge in [0.15, 0.2) is 5.11 Å². The van der Waals surface area contributed by atoms with Gasteiger partial charge in [0.1, 0.15) is 0 Å². The lowest BCUT2D eigenvalue weighted by molar-refractivity contribution is -0.137. The molecule has 1 aromatic rings. The van der Waals surface area contributed by atoms with E-state index < -0.39 is 11.7 Å². The molecule has 19 heavy (non-hydrogen) atoms. The summed E-state index contributed by atoms with van der Waals surface area (Å²) in [5.41, 5.74) is -0.172. The predicted molar refractivity (Wildman–Crippen MR) is 72.2 cm³/mol. The first-order valence-corrected chi connectivity index (χ1v) is 6.05. The fourth-order valence-electron chi connectivity index (χ4n) is 1.34. The fourth-order valence-corrected chi connectivity index (χ4v) is 1.56. The number of methoxy groups -OCH3 is 1. The quantitative estimate of drug-likeness (QED) is 0.645. The van der Waals surface area contributed by atoms with Crippen molar-refractivity contribution < 1.29 is 17.9 Å². The van der Waals surface area contributed by atoms with Crippen molar-refractivity contribution in [3.63, 3.8) is 0 Å². The van der Waals surface area contributed by atoms with Gasteiger partial charge in [-0.1, -0.05) is 0 Å². The molecule has 0 unspecified atom stereocenters. The number of alkyl halides is 3. The van der Waals surface area contributed by atoms with Gasteiger partial charge in [-0.2, -0.15) is 13.2 Å². The predicted octanol–water partition coefficient (Wildman–Crippen LogP) is 3.03. The smallest absolute Gasteiger partial charge is 0.385 e. The maximum absolute atomic E-state index is 12.4. The van der Waals surface area contributed by atoms with Crippen LogP contribution in [-0.4, -0.2) is 25.4 Å². The minimum atomic E-state index is -4.32. The largest absolute Gasteiger partial charge is 0.416 e. The maximum atomic E-state index is 12.4. The second kappa shape index (κ2) is 7.30. The molecule has 0 saturated heterocycles. The van der Waals surface area contributed by atoms with Gasteiger partial charge in [0, 0.05) is 25.9 Å². The van der Waals surface area contributed by atoms with Crippen molar-refractivity contribution in [1.29, 1.82) is 0 Å². The summed E-state index contributed by atoms with van der Waals surface area (Å²) in [6, 6.07) is 4.70. The fraction of sp³-hybridized carbons (Fsp3) is 0.417. The third kappa shape index (κ3) is 5.89. The summed E-state index contributed by atoms with van der Waals surface area (Å²) in [6.07, 6.45) is -3.53. The first-order valence-electron chi connectivity index (χ1n) is 5.64. The van der Waals surface area contributed by atoms with Crippen LogP contribution in [0.1, 0.15) is 12.0 Å². The van der Waals surface area contributed by atoms with Crippen molar-refractivity contribution in [2.24, 2.45) is 0 Å². The number of halogens is 3. The molecule has 2 N–H and O–H groups in total. The molecular weight excluding hydrogens is 277 g/mol. The van der Waals surface area contributed by atoms with Gasteiger partial charge in [0.05, 0.1) is 5.56 Å². The SMILES string of the molecule is COCCCNC(=S)Nc1ccc(C(F)(F)F)cc1. The first-order chi connectivity index (χ1) is 8.93. The molecule has 106 valence electrons. The average Bonchev–Trinajstić information content (AvgIpc) is 2.34. The Morgan fingerprint density at radius 1 is 1.26 bits per heavy atom. The van der Waals surface area contributed by atoms with Crippen molar-refractivity contribution in [2.75, 3.05) is 25.6 Å². The topological polar surface area (TPSA) is 33.3 Å². The van der Waals surface area contributed by atoms with E-state index in [1.165, 1.54) is 12.1 Å². The Balaban J connectivity index is 2.43. The van der Waals surface area contributed by atoms with Crippen LogP contribution in [0.15, 0.2) is 24.3 Å². The highest BCUT2D eigenvalue weighted by atomic mass is 32.1. The Morgan fingerprint density at radius 2 is 1.89 bits per heavy atom. The zero-order valence-electron chi connectivity index (χ0n) is 10.4. The van der Waals surface area contributed by atoms with Crippen LogP contribution in [0, 0.1) is 0 Å². The Labute approximate surface area is 115 Å². The summed E-state index contributed by atoms with van der Waals surface area (Å²) in [6.45, 7) is 1.26. The zero-order chi connectivity index (χ0) is 14.3. The third-order valence-electron chi connectivity index (χ3n) is 2.28. The molecule has 0 amide bonds. The van der Waals surface area contributed by atoms with E-state index in [2.05, 4.69) is 10.6 Å². The van der Waals surface area contributed by atoms with Gasteiger partial charge in [-0.15, -0.1) is 0 Å². The summed E-state index contributed by atoms with van der Waals surface area (Å²) >= 11 is 5.01. The zero-order valence-corrected chi connectivity index (χ0v) is 11.2. The lowest BCUT2D eigenvalue weighted by atomic mass is 10.2. The molecule has 1 aromatic carbocycles. The number of ether oxygens (including phenoxy) is 1. The number of rotatable bonds is 5. The molecule has 3 nitrogen and oxygen atoms in total. The lowest BCUT2D eigenvalue weighted by Crippen LogP contribution is -2.29. The van der Waals surface area contributed by atoms with E-state index in [0.29, 0.717) is 24.0 Å². The molecule has 1 rings (SSSR count). The molecular formula is C12H15F3N2OS. The summed E-state index contributed by atoms with van der Waals surface area (Å²) < 4.78 is 41.9. The normalized spacial score (nSPS) is 11.2. The van der Waals surface area contributed by atoms with Crippen molar-refractivity contribution in [2.45, 2.75) is 12.6 Å². The van der Waals surface area contributed by atoms with Gasteiger partial charge in [-0.05, 0) is 42.9 Å². The van der Waals surface area contributed by atoms with Gasteiger partial charge >= 0.3 is 6.18 Å². The second-order valence-corrected chi connectivity index (χ2v) is 4.21. The molecule has 0 aliphatic carbocycles. The summed E-state index contributed by atoms with van der Waals surface area (Å²) in [4.78, 5) is 0. The van der Waals surface area contributed by atoms with Crippen molar-refractivity contribution in [3.05, 3.63) is 29.8 Å². The third-order valence-corrected chi connectivity index (χ3v) is 2.53. The van der Waals surface area contributed by atoms with E-state index in [1.54, 1.807) is 7.11 Å². The highest BCUT2D eigenvalue weighted by Gasteiger charge is 2.29. The number of anilines is 1. The van der Waals surface area contributed by atoms with Gasteiger partial charge in [0.25, 0.3) is 0 Å². The first kappa shape index (κ1) is 15.7. The average molecular weight is 292 g/mol. The number of nitrogens with one attached hydrogen (secondary N) is 2. The van der Waals surface area contributed by atoms with Crippen LogP contribution < -0.4 is 10.6 Å². The standard InChI is InChI=1S/C12H15F3N2OS/c1-18-8-2-7-16-11(19)17-10-5-3-9(4-6-10)12(13,14)15/h3-6H,2,7-8H2,1H3,(H2,16,17,19). The van der Waals surface area contributed by atoms with E-state index in [0.717, 1.165) is 18.6 Å². The molecule has 0 radical (unpaired) electrons. The van der Waals surface area contributed by atoms with Crippen LogP contribution in [0.25, 0.3) is 0 Å². The minimum Gasteiger partial charge on any atom is -0.385 e. The molecule has 0 heterocycles. The minimum absolute atomic E-state index is 0.371. The van der Waals surface area contributed by atoms with Crippen molar-refractivity contribution in [1.82, 2.24) is 5.32 Å². The Morgan fingerprint density at radius 3 is 2.42 bits per heavy atom. The van der Waals surface area contributed by atoms with Crippen LogP contribution in [0.5, 0.6) is 0 Å². The monoisotopic (exact) mass is 292 g/mol. The maximum Gasteiger partial charge on any atom is 0.416 e. The Bertz CT molecular complexity index is 406. The van der Waals surface area contributed by atoms with Crippen LogP contribution in [0.3, 0.4) is 0 Å². The van der Waals surface area contributed by atoms with Gasteiger partial charge in [-0.3, -0.25) is 0 Å². The Kier molecular flexibility index (Phi) is 6.04. The summed E-state index contributed by atoms with van der Waals surface area (Å²) in [7, 11) is 1.61. The Hall–Kier alpha value is -1.34. The van der Waals surface area contributed by atoms with Crippen LogP contribution in [0.2, 0.25) is 0 Å².